The van der Waals surface area contributed by atoms with Crippen molar-refractivity contribution in [2.75, 3.05) is 6.54 Å². The smallest absolute Gasteiger partial charge is 0.253 e. The van der Waals surface area contributed by atoms with Crippen LogP contribution in [0.2, 0.25) is 0 Å². The van der Waals surface area contributed by atoms with Gasteiger partial charge in [0, 0.05) is 18.3 Å². The van der Waals surface area contributed by atoms with Crippen molar-refractivity contribution in [1.29, 1.82) is 0 Å². The van der Waals surface area contributed by atoms with Gasteiger partial charge in [0.05, 0.1) is 23.6 Å². The molecule has 2 bridgehead atoms. The fraction of sp³-hybridized carbons (Fsp3) is 0.429. The summed E-state index contributed by atoms with van der Waals surface area (Å²) in [6, 6.07) is 4.52. The van der Waals surface area contributed by atoms with Gasteiger partial charge in [-0.15, -0.1) is 0 Å². The fourth-order valence-corrected chi connectivity index (χ4v) is 3.32. The molecule has 2 fully saturated rings. The molecule has 3 atom stereocenters. The van der Waals surface area contributed by atoms with Crippen molar-refractivity contribution >= 4 is 11.4 Å². The number of hydrogen-bond acceptors (Lipinski definition) is 3. The predicted molar refractivity (Wildman–Crippen MR) is 71.0 cm³/mol. The molecule has 2 aromatic rings. The minimum absolute atomic E-state index is 0.00921. The molecule has 1 aliphatic carbocycles. The van der Waals surface area contributed by atoms with E-state index in [0.29, 0.717) is 11.6 Å². The topological polar surface area (TPSA) is 58.4 Å². The summed E-state index contributed by atoms with van der Waals surface area (Å²) in [5.41, 5.74) is 1.69. The van der Waals surface area contributed by atoms with Crippen molar-refractivity contribution in [1.82, 2.24) is 20.0 Å². The Morgan fingerprint density at radius 1 is 1.42 bits per heavy atom. The van der Waals surface area contributed by atoms with Gasteiger partial charge in [0.15, 0.2) is 0 Å². The number of pyridine rings is 1. The van der Waals surface area contributed by atoms with E-state index in [9.17, 15) is 4.79 Å². The maximum absolute atomic E-state index is 12.3. The number of hydrogen-bond donors (Lipinski definition) is 2. The predicted octanol–water partition coefficient (Wildman–Crippen LogP) is 0.814. The summed E-state index contributed by atoms with van der Waals surface area (Å²) in [5.74, 6) is 0.751. The third-order valence-electron chi connectivity index (χ3n) is 4.32. The molecule has 1 saturated carbocycles. The number of carbonyl (C=O) groups excluding carboxylic acids is 1. The Balaban J connectivity index is 1.53. The molecular weight excluding hydrogens is 240 g/mol. The number of amides is 1. The van der Waals surface area contributed by atoms with Crippen LogP contribution in [0.15, 0.2) is 30.9 Å². The van der Waals surface area contributed by atoms with Crippen molar-refractivity contribution in [3.63, 3.8) is 0 Å². The van der Waals surface area contributed by atoms with E-state index in [2.05, 4.69) is 15.6 Å². The number of nitrogens with one attached hydrogen (secondary N) is 2. The van der Waals surface area contributed by atoms with Crippen LogP contribution in [0.3, 0.4) is 0 Å². The normalized spacial score (nSPS) is 28.9. The fourth-order valence-electron chi connectivity index (χ4n) is 3.32. The molecule has 1 saturated heterocycles. The summed E-state index contributed by atoms with van der Waals surface area (Å²) in [6.45, 7) is 1.11. The van der Waals surface area contributed by atoms with Gasteiger partial charge in [-0.05, 0) is 37.4 Å². The van der Waals surface area contributed by atoms with Crippen LogP contribution in [0.25, 0.3) is 5.52 Å². The van der Waals surface area contributed by atoms with Crippen molar-refractivity contribution in [2.24, 2.45) is 5.92 Å². The second kappa shape index (κ2) is 4.06. The second-order valence-corrected chi connectivity index (χ2v) is 5.58. The molecule has 5 heteroatoms. The quantitative estimate of drug-likeness (QED) is 0.836. The lowest BCUT2D eigenvalue weighted by atomic mass is 10.1. The Bertz CT molecular complexity index is 635. The van der Waals surface area contributed by atoms with Crippen molar-refractivity contribution in [2.45, 2.75) is 24.9 Å². The molecule has 2 aromatic heterocycles. The first-order chi connectivity index (χ1) is 9.29. The molecule has 1 amide bonds. The number of fused-ring (bicyclic) bond motifs is 3. The summed E-state index contributed by atoms with van der Waals surface area (Å²) >= 11 is 0. The lowest BCUT2D eigenvalue weighted by Crippen LogP contribution is -2.47. The van der Waals surface area contributed by atoms with E-state index in [-0.39, 0.29) is 11.9 Å². The Morgan fingerprint density at radius 3 is 3.16 bits per heavy atom. The van der Waals surface area contributed by atoms with Gasteiger partial charge in [0.2, 0.25) is 0 Å². The first-order valence-corrected chi connectivity index (χ1v) is 6.75. The molecule has 0 unspecified atom stereocenters. The third kappa shape index (κ3) is 1.81. The van der Waals surface area contributed by atoms with Crippen LogP contribution < -0.4 is 10.6 Å². The SMILES string of the molecule is O=C(N[C@@H]1C[C@H]2CN[C@@H]1C2)c1ccc2cncn2c1. The number of nitrogens with zero attached hydrogens (tertiary/aromatic N) is 2. The summed E-state index contributed by atoms with van der Waals surface area (Å²) in [6.07, 6.45) is 7.63. The second-order valence-electron chi connectivity index (χ2n) is 5.58. The van der Waals surface area contributed by atoms with E-state index in [1.807, 2.05) is 22.7 Å². The van der Waals surface area contributed by atoms with Crippen molar-refractivity contribution < 1.29 is 4.79 Å². The summed E-state index contributed by atoms with van der Waals surface area (Å²) in [4.78, 5) is 16.3. The van der Waals surface area contributed by atoms with Crippen molar-refractivity contribution in [3.8, 4) is 0 Å². The van der Waals surface area contributed by atoms with Crippen LogP contribution >= 0.6 is 0 Å². The van der Waals surface area contributed by atoms with Crippen LogP contribution in [0.1, 0.15) is 23.2 Å². The lowest BCUT2D eigenvalue weighted by molar-refractivity contribution is 0.0928. The van der Waals surface area contributed by atoms with E-state index < -0.39 is 0 Å². The molecule has 2 N–H and O–H groups in total. The number of carbonyl (C=O) groups is 1. The highest BCUT2D eigenvalue weighted by Gasteiger charge is 2.40. The Labute approximate surface area is 111 Å². The summed E-state index contributed by atoms with van der Waals surface area (Å²) < 4.78 is 1.87. The van der Waals surface area contributed by atoms with Gasteiger partial charge in [-0.25, -0.2) is 4.98 Å². The maximum Gasteiger partial charge on any atom is 0.253 e. The van der Waals surface area contributed by atoms with Crippen LogP contribution in [-0.2, 0) is 0 Å². The van der Waals surface area contributed by atoms with Gasteiger partial charge in [-0.1, -0.05) is 0 Å². The van der Waals surface area contributed by atoms with E-state index in [1.54, 1.807) is 12.5 Å². The minimum Gasteiger partial charge on any atom is -0.348 e. The van der Waals surface area contributed by atoms with Crippen molar-refractivity contribution in [3.05, 3.63) is 36.4 Å². The Kier molecular flexibility index (Phi) is 2.35. The number of imidazole rings is 1. The molecule has 2 aliphatic rings. The highest BCUT2D eigenvalue weighted by Crippen LogP contribution is 2.31. The number of aromatic nitrogens is 2. The van der Waals surface area contributed by atoms with Gasteiger partial charge in [0.25, 0.3) is 5.91 Å². The lowest BCUT2D eigenvalue weighted by Gasteiger charge is -2.23. The molecule has 3 heterocycles. The van der Waals surface area contributed by atoms with Crippen LogP contribution in [0, 0.1) is 5.92 Å². The van der Waals surface area contributed by atoms with Crippen LogP contribution in [-0.4, -0.2) is 33.9 Å². The number of rotatable bonds is 2. The molecule has 0 spiro atoms. The molecule has 0 radical (unpaired) electrons. The molecule has 19 heavy (non-hydrogen) atoms. The van der Waals surface area contributed by atoms with Crippen LogP contribution in [0.4, 0.5) is 0 Å². The molecule has 0 aromatic carbocycles. The Hall–Kier alpha value is -1.88. The molecule has 1 aliphatic heterocycles. The summed E-state index contributed by atoms with van der Waals surface area (Å²) in [5, 5.41) is 6.61. The average Bonchev–Trinajstić information content (AvgIpc) is 3.13. The first kappa shape index (κ1) is 11.0. The van der Waals surface area contributed by atoms with Gasteiger partial charge in [-0.2, -0.15) is 0 Å². The third-order valence-corrected chi connectivity index (χ3v) is 4.32. The van der Waals surface area contributed by atoms with Gasteiger partial charge in [0.1, 0.15) is 0 Å². The van der Waals surface area contributed by atoms with E-state index in [4.69, 9.17) is 0 Å². The molecule has 98 valence electrons. The zero-order valence-corrected chi connectivity index (χ0v) is 10.5. The van der Waals surface area contributed by atoms with E-state index in [0.717, 1.165) is 24.4 Å². The molecule has 5 nitrogen and oxygen atoms in total. The largest absolute Gasteiger partial charge is 0.348 e. The zero-order valence-electron chi connectivity index (χ0n) is 10.5. The monoisotopic (exact) mass is 256 g/mol. The molecular formula is C14H16N4O. The highest BCUT2D eigenvalue weighted by atomic mass is 16.1. The Morgan fingerprint density at radius 2 is 2.37 bits per heavy atom. The molecule has 4 rings (SSSR count). The zero-order chi connectivity index (χ0) is 12.8. The first-order valence-electron chi connectivity index (χ1n) is 6.75. The standard InChI is InChI=1S/C14H16N4O/c19-14(17-13-4-9-3-12(13)16-5-9)10-1-2-11-6-15-8-18(11)7-10/h1-2,6-9,12-13,16H,3-5H2,(H,17,19)/t9-,12+,13+/m0/s1. The average molecular weight is 256 g/mol. The van der Waals surface area contributed by atoms with E-state index >= 15 is 0 Å². The summed E-state index contributed by atoms with van der Waals surface area (Å²) in [7, 11) is 0. The highest BCUT2D eigenvalue weighted by molar-refractivity contribution is 5.94. The van der Waals surface area contributed by atoms with Gasteiger partial charge < -0.3 is 15.0 Å². The number of piperidine rings is 1. The van der Waals surface area contributed by atoms with Gasteiger partial charge in [-0.3, -0.25) is 4.79 Å². The minimum atomic E-state index is 0.00921. The van der Waals surface area contributed by atoms with E-state index in [1.165, 1.54) is 6.42 Å². The van der Waals surface area contributed by atoms with Gasteiger partial charge >= 0.3 is 0 Å². The maximum atomic E-state index is 12.3. The van der Waals surface area contributed by atoms with Crippen LogP contribution in [0.5, 0.6) is 0 Å².